The van der Waals surface area contributed by atoms with E-state index in [0.717, 1.165) is 25.9 Å². The fourth-order valence-corrected chi connectivity index (χ4v) is 2.02. The van der Waals surface area contributed by atoms with Gasteiger partial charge in [-0.15, -0.1) is 5.06 Å². The van der Waals surface area contributed by atoms with E-state index in [4.69, 9.17) is 4.84 Å². The van der Waals surface area contributed by atoms with Crippen LogP contribution >= 0.6 is 0 Å². The molecule has 0 bridgehead atoms. The van der Waals surface area contributed by atoms with Crippen LogP contribution in [0, 0.1) is 5.41 Å². The van der Waals surface area contributed by atoms with Gasteiger partial charge in [0, 0.05) is 19.3 Å². The molecule has 1 fully saturated rings. The second kappa shape index (κ2) is 5.10. The van der Waals surface area contributed by atoms with Crippen LogP contribution in [0.1, 0.15) is 45.1 Å². The average Bonchev–Trinajstić information content (AvgIpc) is 2.82. The Morgan fingerprint density at radius 1 is 1.44 bits per heavy atom. The largest absolute Gasteiger partial charge is 0.367 e. The monoisotopic (exact) mass is 251 g/mol. The fourth-order valence-electron chi connectivity index (χ4n) is 2.02. The van der Waals surface area contributed by atoms with Gasteiger partial charge < -0.3 is 4.84 Å². The van der Waals surface area contributed by atoms with Crippen LogP contribution in [-0.4, -0.2) is 34.3 Å². The van der Waals surface area contributed by atoms with E-state index in [-0.39, 0.29) is 5.97 Å². The van der Waals surface area contributed by atoms with E-state index >= 15 is 0 Å². The molecular formula is C13H21N3O2. The van der Waals surface area contributed by atoms with Crippen molar-refractivity contribution in [3.63, 3.8) is 0 Å². The number of nitrogens with zero attached hydrogens (tertiary/aromatic N) is 2. The number of hydrogen-bond acceptors (Lipinski definition) is 4. The molecule has 5 heteroatoms. The number of carbonyl (C=O) groups excluding carboxylic acids is 1. The molecule has 0 atom stereocenters. The first kappa shape index (κ1) is 13.1. The van der Waals surface area contributed by atoms with Crippen molar-refractivity contribution in [2.45, 2.75) is 39.5 Å². The summed E-state index contributed by atoms with van der Waals surface area (Å²) < 4.78 is 0. The van der Waals surface area contributed by atoms with Gasteiger partial charge in [-0.1, -0.05) is 0 Å². The maximum Gasteiger partial charge on any atom is 0.330 e. The first-order chi connectivity index (χ1) is 8.47. The van der Waals surface area contributed by atoms with E-state index in [0.29, 0.717) is 5.92 Å². The van der Waals surface area contributed by atoms with Crippen molar-refractivity contribution < 1.29 is 9.63 Å². The summed E-state index contributed by atoms with van der Waals surface area (Å²) in [5.74, 6) is 0.359. The van der Waals surface area contributed by atoms with E-state index in [1.165, 1.54) is 5.56 Å². The van der Waals surface area contributed by atoms with Crippen molar-refractivity contribution in [1.82, 2.24) is 15.3 Å². The minimum Gasteiger partial charge on any atom is -0.367 e. The zero-order chi connectivity index (χ0) is 13.2. The van der Waals surface area contributed by atoms with Gasteiger partial charge >= 0.3 is 5.97 Å². The number of piperidine rings is 1. The van der Waals surface area contributed by atoms with Gasteiger partial charge in [-0.25, -0.2) is 4.79 Å². The van der Waals surface area contributed by atoms with Gasteiger partial charge in [0.1, 0.15) is 0 Å². The van der Waals surface area contributed by atoms with Crippen LogP contribution in [-0.2, 0) is 9.63 Å². The number of aromatic nitrogens is 2. The van der Waals surface area contributed by atoms with E-state index < -0.39 is 5.41 Å². The van der Waals surface area contributed by atoms with Crippen molar-refractivity contribution in [1.29, 1.82) is 0 Å². The number of hydrogen-bond donors (Lipinski definition) is 1. The van der Waals surface area contributed by atoms with Gasteiger partial charge in [-0.05, 0) is 45.1 Å². The molecule has 1 aromatic rings. The summed E-state index contributed by atoms with van der Waals surface area (Å²) in [6.07, 6.45) is 5.82. The predicted octanol–water partition coefficient (Wildman–Crippen LogP) is 2.09. The Hall–Kier alpha value is -1.36. The highest BCUT2D eigenvalue weighted by atomic mass is 16.7. The summed E-state index contributed by atoms with van der Waals surface area (Å²) in [4.78, 5) is 17.2. The van der Waals surface area contributed by atoms with Crippen molar-refractivity contribution in [3.05, 3.63) is 18.0 Å². The minimum absolute atomic E-state index is 0.163. The Labute approximate surface area is 107 Å². The predicted molar refractivity (Wildman–Crippen MR) is 67.7 cm³/mol. The topological polar surface area (TPSA) is 58.2 Å². The van der Waals surface area contributed by atoms with Crippen molar-refractivity contribution >= 4 is 5.97 Å². The van der Waals surface area contributed by atoms with Gasteiger partial charge in [0.05, 0.1) is 11.6 Å². The molecule has 1 aliphatic rings. The minimum atomic E-state index is -0.443. The SMILES string of the molecule is CC(C)(C)C(=O)ON1CCC(c2cn[nH]c2)CC1. The Morgan fingerprint density at radius 2 is 2.11 bits per heavy atom. The highest BCUT2D eigenvalue weighted by Gasteiger charge is 2.28. The van der Waals surface area contributed by atoms with Gasteiger partial charge in [0.15, 0.2) is 0 Å². The Morgan fingerprint density at radius 3 is 2.61 bits per heavy atom. The smallest absolute Gasteiger partial charge is 0.330 e. The van der Waals surface area contributed by atoms with Crippen LogP contribution in [0.2, 0.25) is 0 Å². The summed E-state index contributed by atoms with van der Waals surface area (Å²) in [7, 11) is 0. The normalized spacial score (nSPS) is 18.8. The van der Waals surface area contributed by atoms with Crippen LogP contribution in [0.15, 0.2) is 12.4 Å². The number of aromatic amines is 1. The Balaban J connectivity index is 1.82. The molecule has 2 heterocycles. The zero-order valence-corrected chi connectivity index (χ0v) is 11.3. The second-order valence-electron chi connectivity index (χ2n) is 5.86. The van der Waals surface area contributed by atoms with Gasteiger partial charge in [0.2, 0.25) is 0 Å². The fraction of sp³-hybridized carbons (Fsp3) is 0.692. The molecule has 1 saturated heterocycles. The third kappa shape index (κ3) is 3.10. The summed E-state index contributed by atoms with van der Waals surface area (Å²) >= 11 is 0. The third-order valence-electron chi connectivity index (χ3n) is 3.27. The molecule has 0 unspecified atom stereocenters. The Bertz CT molecular complexity index is 387. The lowest BCUT2D eigenvalue weighted by atomic mass is 9.92. The van der Waals surface area contributed by atoms with Crippen LogP contribution in [0.3, 0.4) is 0 Å². The van der Waals surface area contributed by atoms with E-state index in [9.17, 15) is 4.79 Å². The lowest BCUT2D eigenvalue weighted by molar-refractivity contribution is -0.204. The third-order valence-corrected chi connectivity index (χ3v) is 3.27. The zero-order valence-electron chi connectivity index (χ0n) is 11.3. The van der Waals surface area contributed by atoms with Gasteiger partial charge in [-0.3, -0.25) is 5.10 Å². The summed E-state index contributed by atoms with van der Waals surface area (Å²) in [5.41, 5.74) is 0.804. The molecule has 0 radical (unpaired) electrons. The van der Waals surface area contributed by atoms with Crippen LogP contribution in [0.5, 0.6) is 0 Å². The molecule has 100 valence electrons. The molecule has 0 spiro atoms. The molecule has 0 aromatic carbocycles. The summed E-state index contributed by atoms with van der Waals surface area (Å²) in [6.45, 7) is 7.18. The summed E-state index contributed by atoms with van der Waals surface area (Å²) in [6, 6.07) is 0. The number of hydroxylamine groups is 2. The van der Waals surface area contributed by atoms with E-state index in [1.54, 1.807) is 5.06 Å². The first-order valence-electron chi connectivity index (χ1n) is 6.43. The molecule has 0 amide bonds. The average molecular weight is 251 g/mol. The molecule has 0 saturated carbocycles. The maximum absolute atomic E-state index is 11.8. The van der Waals surface area contributed by atoms with Crippen molar-refractivity contribution in [2.24, 2.45) is 5.41 Å². The lowest BCUT2D eigenvalue weighted by Gasteiger charge is -2.31. The standard InChI is InChI=1S/C13H21N3O2/c1-13(2,3)12(17)18-16-6-4-10(5-7-16)11-8-14-15-9-11/h8-10H,4-7H2,1-3H3,(H,14,15). The number of rotatable bonds is 2. The molecule has 5 nitrogen and oxygen atoms in total. The number of H-pyrrole nitrogens is 1. The van der Waals surface area contributed by atoms with E-state index in [2.05, 4.69) is 10.2 Å². The molecular weight excluding hydrogens is 230 g/mol. The highest BCUT2D eigenvalue weighted by Crippen LogP contribution is 2.28. The van der Waals surface area contributed by atoms with Crippen molar-refractivity contribution in [2.75, 3.05) is 13.1 Å². The van der Waals surface area contributed by atoms with Crippen LogP contribution in [0.25, 0.3) is 0 Å². The van der Waals surface area contributed by atoms with Gasteiger partial charge in [-0.2, -0.15) is 5.10 Å². The quantitative estimate of drug-likeness (QED) is 0.874. The molecule has 18 heavy (non-hydrogen) atoms. The second-order valence-corrected chi connectivity index (χ2v) is 5.86. The highest BCUT2D eigenvalue weighted by molar-refractivity contribution is 5.75. The molecule has 1 N–H and O–H groups in total. The molecule has 0 aliphatic carbocycles. The molecule has 2 rings (SSSR count). The molecule has 1 aliphatic heterocycles. The number of nitrogens with one attached hydrogen (secondary N) is 1. The lowest BCUT2D eigenvalue weighted by Crippen LogP contribution is -2.38. The first-order valence-corrected chi connectivity index (χ1v) is 6.43. The van der Waals surface area contributed by atoms with Crippen LogP contribution < -0.4 is 0 Å². The number of carbonyl (C=O) groups is 1. The Kier molecular flexibility index (Phi) is 3.71. The molecule has 1 aromatic heterocycles. The van der Waals surface area contributed by atoms with Gasteiger partial charge in [0.25, 0.3) is 0 Å². The van der Waals surface area contributed by atoms with E-state index in [1.807, 2.05) is 33.2 Å². The maximum atomic E-state index is 11.8. The summed E-state index contributed by atoms with van der Waals surface area (Å²) in [5, 5.41) is 8.60. The van der Waals surface area contributed by atoms with Crippen molar-refractivity contribution in [3.8, 4) is 0 Å². The van der Waals surface area contributed by atoms with Crippen LogP contribution in [0.4, 0.5) is 0 Å².